The zero-order chi connectivity index (χ0) is 16.7. The topological polar surface area (TPSA) is 43.4 Å². The summed E-state index contributed by atoms with van der Waals surface area (Å²) in [6.45, 7) is 6.94. The van der Waals surface area contributed by atoms with Gasteiger partial charge in [-0.05, 0) is 28.7 Å². The van der Waals surface area contributed by atoms with Gasteiger partial charge in [-0.1, -0.05) is 63.2 Å². The molecule has 0 amide bonds. The van der Waals surface area contributed by atoms with Crippen molar-refractivity contribution < 1.29 is 13.2 Å². The molecule has 122 valence electrons. The number of benzene rings is 2. The van der Waals surface area contributed by atoms with Crippen LogP contribution in [0.4, 0.5) is 0 Å². The summed E-state index contributed by atoms with van der Waals surface area (Å²) in [6, 6.07) is 16.7. The molecule has 2 aromatic rings. The predicted octanol–water partition coefficient (Wildman–Crippen LogP) is 3.90. The van der Waals surface area contributed by atoms with Crippen molar-refractivity contribution in [3.05, 3.63) is 65.7 Å². The molecule has 2 aromatic carbocycles. The van der Waals surface area contributed by atoms with E-state index in [0.717, 1.165) is 5.56 Å². The van der Waals surface area contributed by atoms with Crippen LogP contribution in [-0.2, 0) is 20.0 Å². The van der Waals surface area contributed by atoms with E-state index in [1.54, 1.807) is 24.3 Å². The second-order valence-corrected chi connectivity index (χ2v) is 9.06. The second-order valence-electron chi connectivity index (χ2n) is 7.04. The van der Waals surface area contributed by atoms with Gasteiger partial charge < -0.3 is 4.74 Å². The molecule has 0 spiro atoms. The second kappa shape index (κ2) is 5.77. The van der Waals surface area contributed by atoms with Crippen molar-refractivity contribution in [3.8, 4) is 0 Å². The monoisotopic (exact) mass is 330 g/mol. The fourth-order valence-electron chi connectivity index (χ4n) is 2.80. The number of rotatable bonds is 3. The maximum atomic E-state index is 12.7. The van der Waals surface area contributed by atoms with Crippen molar-refractivity contribution in [2.45, 2.75) is 42.4 Å². The molecule has 0 bridgehead atoms. The van der Waals surface area contributed by atoms with Crippen LogP contribution in [0.3, 0.4) is 0 Å². The van der Waals surface area contributed by atoms with E-state index in [4.69, 9.17) is 4.74 Å². The molecule has 0 N–H and O–H groups in total. The average Bonchev–Trinajstić information content (AvgIpc) is 2.46. The Hall–Kier alpha value is -1.65. The van der Waals surface area contributed by atoms with Gasteiger partial charge in [0.05, 0.1) is 11.5 Å². The van der Waals surface area contributed by atoms with Gasteiger partial charge in [0.1, 0.15) is 0 Å². The van der Waals surface area contributed by atoms with Gasteiger partial charge in [0.15, 0.2) is 5.44 Å². The van der Waals surface area contributed by atoms with E-state index in [9.17, 15) is 8.42 Å². The normalized spacial score (nSPS) is 21.7. The first-order valence-corrected chi connectivity index (χ1v) is 9.36. The molecule has 1 heterocycles. The van der Waals surface area contributed by atoms with Crippen LogP contribution < -0.4 is 0 Å². The largest absolute Gasteiger partial charge is 0.360 e. The van der Waals surface area contributed by atoms with Gasteiger partial charge in [0, 0.05) is 5.92 Å². The number of sulfone groups is 1. The van der Waals surface area contributed by atoms with Crippen LogP contribution >= 0.6 is 0 Å². The molecule has 1 aliphatic heterocycles. The highest BCUT2D eigenvalue weighted by atomic mass is 32.2. The minimum Gasteiger partial charge on any atom is -0.360 e. The van der Waals surface area contributed by atoms with Crippen molar-refractivity contribution in [1.82, 2.24) is 0 Å². The molecule has 3 rings (SSSR count). The Morgan fingerprint density at radius 3 is 2.04 bits per heavy atom. The van der Waals surface area contributed by atoms with Gasteiger partial charge >= 0.3 is 0 Å². The quantitative estimate of drug-likeness (QED) is 0.857. The highest BCUT2D eigenvalue weighted by Gasteiger charge is 2.43. The van der Waals surface area contributed by atoms with Crippen molar-refractivity contribution in [1.29, 1.82) is 0 Å². The van der Waals surface area contributed by atoms with Crippen molar-refractivity contribution in [2.75, 3.05) is 6.61 Å². The molecule has 0 aliphatic carbocycles. The zero-order valence-electron chi connectivity index (χ0n) is 13.7. The summed E-state index contributed by atoms with van der Waals surface area (Å²) < 4.78 is 30.8. The van der Waals surface area contributed by atoms with E-state index < -0.39 is 15.3 Å². The molecule has 2 atom stereocenters. The number of hydrogen-bond acceptors (Lipinski definition) is 3. The molecule has 3 nitrogen and oxygen atoms in total. The van der Waals surface area contributed by atoms with Gasteiger partial charge in [0.2, 0.25) is 9.84 Å². The third-order valence-electron chi connectivity index (χ3n) is 4.35. The Morgan fingerprint density at radius 2 is 1.57 bits per heavy atom. The highest BCUT2D eigenvalue weighted by molar-refractivity contribution is 7.92. The maximum absolute atomic E-state index is 12.7. The fourth-order valence-corrected chi connectivity index (χ4v) is 4.54. The molecule has 1 fully saturated rings. The van der Waals surface area contributed by atoms with Gasteiger partial charge in [-0.2, -0.15) is 0 Å². The third-order valence-corrected chi connectivity index (χ3v) is 6.36. The van der Waals surface area contributed by atoms with Crippen LogP contribution in [0.15, 0.2) is 59.5 Å². The Kier molecular flexibility index (Phi) is 4.07. The van der Waals surface area contributed by atoms with Crippen LogP contribution in [0.2, 0.25) is 0 Å². The summed E-state index contributed by atoms with van der Waals surface area (Å²) >= 11 is 0. The average molecular weight is 330 g/mol. The Balaban J connectivity index is 1.85. The first-order valence-electron chi connectivity index (χ1n) is 7.81. The van der Waals surface area contributed by atoms with E-state index in [1.165, 1.54) is 5.56 Å². The fraction of sp³-hybridized carbons (Fsp3) is 0.368. The molecule has 0 radical (unpaired) electrons. The molecule has 0 saturated carbocycles. The smallest absolute Gasteiger partial charge is 0.205 e. The minimum absolute atomic E-state index is 0.0875. The SMILES string of the molecule is CC(C)(C)c1ccc([C@@H]2CO[C@@H]2S(=O)(=O)c2ccccc2)cc1. The Labute approximate surface area is 138 Å². The lowest BCUT2D eigenvalue weighted by Gasteiger charge is -2.36. The lowest BCUT2D eigenvalue weighted by atomic mass is 9.85. The summed E-state index contributed by atoms with van der Waals surface area (Å²) in [7, 11) is -3.46. The van der Waals surface area contributed by atoms with Crippen LogP contribution in [0, 0.1) is 0 Å². The maximum Gasteiger partial charge on any atom is 0.205 e. The van der Waals surface area contributed by atoms with Crippen molar-refractivity contribution in [2.24, 2.45) is 0 Å². The third kappa shape index (κ3) is 3.06. The molecular weight excluding hydrogens is 308 g/mol. The number of ether oxygens (including phenoxy) is 1. The Bertz CT molecular complexity index is 772. The van der Waals surface area contributed by atoms with E-state index in [1.807, 2.05) is 18.2 Å². The summed E-state index contributed by atoms with van der Waals surface area (Å²) in [4.78, 5) is 0.320. The molecular formula is C19H22O3S. The van der Waals surface area contributed by atoms with E-state index in [0.29, 0.717) is 11.5 Å². The lowest BCUT2D eigenvalue weighted by molar-refractivity contribution is -0.0245. The Morgan fingerprint density at radius 1 is 0.957 bits per heavy atom. The summed E-state index contributed by atoms with van der Waals surface area (Å²) in [5, 5.41) is 0. The van der Waals surface area contributed by atoms with Gasteiger partial charge in [-0.3, -0.25) is 0 Å². The molecule has 1 saturated heterocycles. The van der Waals surface area contributed by atoms with Crippen LogP contribution in [0.5, 0.6) is 0 Å². The van der Waals surface area contributed by atoms with E-state index in [-0.39, 0.29) is 11.3 Å². The van der Waals surface area contributed by atoms with Crippen molar-refractivity contribution >= 4 is 9.84 Å². The first-order chi connectivity index (χ1) is 10.8. The van der Waals surface area contributed by atoms with Gasteiger partial charge in [-0.25, -0.2) is 8.42 Å². The standard InChI is InChI=1S/C19H22O3S/c1-19(2,3)15-11-9-14(10-12-15)17-13-22-18(17)23(20,21)16-7-5-4-6-8-16/h4-12,17-18H,13H2,1-3H3/t17-,18+/m0/s1. The van der Waals surface area contributed by atoms with E-state index in [2.05, 4.69) is 32.9 Å². The van der Waals surface area contributed by atoms with Crippen molar-refractivity contribution in [3.63, 3.8) is 0 Å². The molecule has 23 heavy (non-hydrogen) atoms. The van der Waals surface area contributed by atoms with Gasteiger partial charge in [0.25, 0.3) is 0 Å². The van der Waals surface area contributed by atoms with Crippen LogP contribution in [-0.4, -0.2) is 20.5 Å². The molecule has 0 unspecified atom stereocenters. The molecule has 1 aliphatic rings. The molecule has 0 aromatic heterocycles. The first kappa shape index (κ1) is 16.2. The highest BCUT2D eigenvalue weighted by Crippen LogP contribution is 2.38. The zero-order valence-corrected chi connectivity index (χ0v) is 14.5. The van der Waals surface area contributed by atoms with Gasteiger partial charge in [-0.15, -0.1) is 0 Å². The van der Waals surface area contributed by atoms with E-state index >= 15 is 0 Å². The number of hydrogen-bond donors (Lipinski definition) is 0. The molecule has 4 heteroatoms. The minimum atomic E-state index is -3.46. The van der Waals surface area contributed by atoms with Crippen LogP contribution in [0.1, 0.15) is 37.8 Å². The summed E-state index contributed by atoms with van der Waals surface area (Å²) in [6.07, 6.45) is 0. The lowest BCUT2D eigenvalue weighted by Crippen LogP contribution is -2.43. The summed E-state index contributed by atoms with van der Waals surface area (Å²) in [5.41, 5.74) is 1.56. The predicted molar refractivity (Wildman–Crippen MR) is 91.3 cm³/mol. The van der Waals surface area contributed by atoms with Crippen LogP contribution in [0.25, 0.3) is 0 Å². The summed E-state index contributed by atoms with van der Waals surface area (Å²) in [5.74, 6) is -0.103.